The average Bonchev–Trinajstić information content (AvgIpc) is 2.78. The van der Waals surface area contributed by atoms with Gasteiger partial charge in [-0.05, 0) is 17.5 Å². The van der Waals surface area contributed by atoms with E-state index in [-0.39, 0.29) is 11.3 Å². The summed E-state index contributed by atoms with van der Waals surface area (Å²) >= 11 is 0. The maximum atomic E-state index is 12.9. The van der Waals surface area contributed by atoms with Gasteiger partial charge in [0.05, 0.1) is 38.1 Å². The number of carbonyl (C=O) groups is 1. The van der Waals surface area contributed by atoms with Crippen molar-refractivity contribution in [2.45, 2.75) is 40.2 Å². The van der Waals surface area contributed by atoms with Gasteiger partial charge in [0.2, 0.25) is 17.7 Å². The van der Waals surface area contributed by atoms with Crippen LogP contribution in [0.1, 0.15) is 38.4 Å². The molecule has 8 nitrogen and oxygen atoms in total. The van der Waals surface area contributed by atoms with E-state index < -0.39 is 0 Å². The maximum Gasteiger partial charge on any atom is 0.229 e. The predicted octanol–water partition coefficient (Wildman–Crippen LogP) is 3.44. The van der Waals surface area contributed by atoms with Gasteiger partial charge >= 0.3 is 0 Å². The summed E-state index contributed by atoms with van der Waals surface area (Å²) < 4.78 is 17.1. The van der Waals surface area contributed by atoms with Crippen molar-refractivity contribution < 1.29 is 19.0 Å². The van der Waals surface area contributed by atoms with Crippen molar-refractivity contribution in [1.29, 1.82) is 0 Å². The van der Waals surface area contributed by atoms with Crippen molar-refractivity contribution in [3.63, 3.8) is 0 Å². The minimum atomic E-state index is -0.0615. The van der Waals surface area contributed by atoms with E-state index in [2.05, 4.69) is 25.7 Å². The van der Waals surface area contributed by atoms with Crippen molar-refractivity contribution >= 4 is 11.9 Å². The molecule has 0 N–H and O–H groups in total. The van der Waals surface area contributed by atoms with Gasteiger partial charge in [0.15, 0.2) is 0 Å². The molecule has 2 aliphatic rings. The van der Waals surface area contributed by atoms with E-state index in [0.29, 0.717) is 62.5 Å². The van der Waals surface area contributed by atoms with Crippen LogP contribution in [0.4, 0.5) is 5.95 Å². The Labute approximate surface area is 189 Å². The first kappa shape index (κ1) is 22.3. The van der Waals surface area contributed by atoms with Crippen LogP contribution < -0.4 is 14.4 Å². The molecule has 3 heterocycles. The first-order valence-electron chi connectivity index (χ1n) is 11.1. The van der Waals surface area contributed by atoms with Crippen molar-refractivity contribution in [2.24, 2.45) is 5.41 Å². The summed E-state index contributed by atoms with van der Waals surface area (Å²) in [5.41, 5.74) is 1.76. The zero-order valence-electron chi connectivity index (χ0n) is 19.4. The second-order valence-corrected chi connectivity index (χ2v) is 9.44. The Bertz CT molecular complexity index is 967. The minimum absolute atomic E-state index is 0.0615. The van der Waals surface area contributed by atoms with Crippen LogP contribution in [0.15, 0.2) is 24.3 Å². The lowest BCUT2D eigenvalue weighted by atomic mass is 9.91. The second-order valence-electron chi connectivity index (χ2n) is 9.44. The molecule has 0 radical (unpaired) electrons. The lowest BCUT2D eigenvalue weighted by Crippen LogP contribution is -2.40. The minimum Gasteiger partial charge on any atom is -0.497 e. The van der Waals surface area contributed by atoms with Gasteiger partial charge in [-0.25, -0.2) is 4.98 Å². The van der Waals surface area contributed by atoms with Crippen LogP contribution in [-0.2, 0) is 22.5 Å². The Kier molecular flexibility index (Phi) is 6.50. The lowest BCUT2D eigenvalue weighted by molar-refractivity contribution is -0.134. The highest BCUT2D eigenvalue weighted by atomic mass is 16.5. The van der Waals surface area contributed by atoms with E-state index in [9.17, 15) is 4.79 Å². The number of amides is 1. The number of morpholine rings is 1. The molecular weight excluding hydrogens is 408 g/mol. The lowest BCUT2D eigenvalue weighted by Gasteiger charge is -2.33. The topological polar surface area (TPSA) is 77.0 Å². The van der Waals surface area contributed by atoms with Crippen LogP contribution in [-0.4, -0.2) is 60.7 Å². The third-order valence-electron chi connectivity index (χ3n) is 5.59. The number of fused-ring (bicyclic) bond motifs is 1. The molecule has 0 unspecified atom stereocenters. The summed E-state index contributed by atoms with van der Waals surface area (Å²) in [6, 6.07) is 7.45. The zero-order chi connectivity index (χ0) is 22.7. The summed E-state index contributed by atoms with van der Waals surface area (Å²) in [5, 5.41) is 0. The zero-order valence-corrected chi connectivity index (χ0v) is 19.4. The molecular formula is C24H32N4O4. The predicted molar refractivity (Wildman–Crippen MR) is 121 cm³/mol. The summed E-state index contributed by atoms with van der Waals surface area (Å²) in [7, 11) is 1.63. The van der Waals surface area contributed by atoms with Crippen LogP contribution >= 0.6 is 0 Å². The number of carbonyl (C=O) groups excluding carboxylic acids is 1. The molecule has 0 atom stereocenters. The van der Waals surface area contributed by atoms with Gasteiger partial charge in [0.25, 0.3) is 0 Å². The molecule has 0 saturated carbocycles. The first-order chi connectivity index (χ1) is 15.3. The fourth-order valence-electron chi connectivity index (χ4n) is 3.92. The molecule has 0 spiro atoms. The molecule has 32 heavy (non-hydrogen) atoms. The molecule has 1 aromatic heterocycles. The van der Waals surface area contributed by atoms with Gasteiger partial charge in [0, 0.05) is 38.5 Å². The van der Waals surface area contributed by atoms with Gasteiger partial charge in [-0.2, -0.15) is 4.98 Å². The monoisotopic (exact) mass is 440 g/mol. The molecule has 4 rings (SSSR count). The van der Waals surface area contributed by atoms with Crippen molar-refractivity contribution in [3.8, 4) is 17.4 Å². The number of ether oxygens (including phenoxy) is 3. The standard InChI is InChI=1S/C24H32N4O4/c1-24(2,3)15-21(29)28-9-8-20-19(16-28)22(32-18-7-5-6-17(14-18)30-4)26-23(25-20)27-10-12-31-13-11-27/h5-7,14H,8-13,15-16H2,1-4H3. The number of aromatic nitrogens is 2. The molecule has 0 aliphatic carbocycles. The maximum absolute atomic E-state index is 12.9. The van der Waals surface area contributed by atoms with Gasteiger partial charge < -0.3 is 24.0 Å². The summed E-state index contributed by atoms with van der Waals surface area (Å²) in [4.78, 5) is 26.6. The van der Waals surface area contributed by atoms with Gasteiger partial charge in [-0.3, -0.25) is 4.79 Å². The van der Waals surface area contributed by atoms with Gasteiger partial charge in [-0.1, -0.05) is 26.8 Å². The molecule has 2 aliphatic heterocycles. The number of rotatable bonds is 5. The first-order valence-corrected chi connectivity index (χ1v) is 11.1. The Balaban J connectivity index is 1.66. The van der Waals surface area contributed by atoms with Crippen molar-refractivity contribution in [2.75, 3.05) is 44.9 Å². The van der Waals surface area contributed by atoms with Crippen molar-refractivity contribution in [1.82, 2.24) is 14.9 Å². The van der Waals surface area contributed by atoms with Crippen molar-refractivity contribution in [3.05, 3.63) is 35.5 Å². The van der Waals surface area contributed by atoms with E-state index in [1.54, 1.807) is 7.11 Å². The van der Waals surface area contributed by atoms with Crippen LogP contribution in [0, 0.1) is 5.41 Å². The highest BCUT2D eigenvalue weighted by Gasteiger charge is 2.29. The average molecular weight is 441 g/mol. The molecule has 1 fully saturated rings. The number of hydrogen-bond donors (Lipinski definition) is 0. The van der Waals surface area contributed by atoms with Gasteiger partial charge in [-0.15, -0.1) is 0 Å². The summed E-state index contributed by atoms with van der Waals surface area (Å²) in [6.07, 6.45) is 1.18. The molecule has 1 saturated heterocycles. The number of hydrogen-bond acceptors (Lipinski definition) is 7. The molecule has 0 bridgehead atoms. The van der Waals surface area contributed by atoms with Gasteiger partial charge in [0.1, 0.15) is 11.5 Å². The molecule has 172 valence electrons. The van der Waals surface area contributed by atoms with E-state index in [1.165, 1.54) is 0 Å². The van der Waals surface area contributed by atoms with Crippen LogP contribution in [0.3, 0.4) is 0 Å². The Morgan fingerprint density at radius 1 is 1.12 bits per heavy atom. The largest absolute Gasteiger partial charge is 0.497 e. The van der Waals surface area contributed by atoms with Crippen LogP contribution in [0.5, 0.6) is 17.4 Å². The second kappa shape index (κ2) is 9.32. The van der Waals surface area contributed by atoms with Crippen LogP contribution in [0.2, 0.25) is 0 Å². The van der Waals surface area contributed by atoms with E-state index >= 15 is 0 Å². The molecule has 1 aromatic carbocycles. The third kappa shape index (κ3) is 5.30. The van der Waals surface area contributed by atoms with Crippen LogP contribution in [0.25, 0.3) is 0 Å². The number of nitrogens with zero attached hydrogens (tertiary/aromatic N) is 4. The Hall–Kier alpha value is -2.87. The summed E-state index contributed by atoms with van der Waals surface area (Å²) in [5.74, 6) is 2.64. The number of methoxy groups -OCH3 is 1. The fraction of sp³-hybridized carbons (Fsp3) is 0.542. The molecule has 8 heteroatoms. The number of benzene rings is 1. The Morgan fingerprint density at radius 2 is 1.88 bits per heavy atom. The highest BCUT2D eigenvalue weighted by molar-refractivity contribution is 5.77. The van der Waals surface area contributed by atoms with E-state index in [4.69, 9.17) is 24.2 Å². The third-order valence-corrected chi connectivity index (χ3v) is 5.59. The smallest absolute Gasteiger partial charge is 0.229 e. The molecule has 1 amide bonds. The summed E-state index contributed by atoms with van der Waals surface area (Å²) in [6.45, 7) is 10.1. The fourth-order valence-corrected chi connectivity index (χ4v) is 3.92. The Morgan fingerprint density at radius 3 is 2.59 bits per heavy atom. The quantitative estimate of drug-likeness (QED) is 0.705. The normalized spacial score (nSPS) is 16.5. The highest BCUT2D eigenvalue weighted by Crippen LogP contribution is 2.33. The SMILES string of the molecule is COc1cccc(Oc2nc(N3CCOCC3)nc3c2CN(C(=O)CC(C)(C)C)CC3)c1. The number of anilines is 1. The van der Waals surface area contributed by atoms with E-state index in [1.807, 2.05) is 29.2 Å². The molecule has 2 aromatic rings. The van der Waals surface area contributed by atoms with E-state index in [0.717, 1.165) is 24.3 Å².